The van der Waals surface area contributed by atoms with Crippen molar-refractivity contribution < 1.29 is 26.8 Å². The Balaban J connectivity index is 1.64. The van der Waals surface area contributed by atoms with Gasteiger partial charge in [-0.1, -0.05) is 0 Å². The Morgan fingerprint density at radius 3 is 2.61 bits per heavy atom. The molecule has 0 aliphatic carbocycles. The lowest BCUT2D eigenvalue weighted by molar-refractivity contribution is 0.0822. The lowest BCUT2D eigenvalue weighted by Crippen LogP contribution is -2.36. The van der Waals surface area contributed by atoms with Gasteiger partial charge in [0.1, 0.15) is 11.4 Å². The Bertz CT molecular complexity index is 1300. The Labute approximate surface area is 177 Å². The summed E-state index contributed by atoms with van der Waals surface area (Å²) in [6.45, 7) is 1.60. The van der Waals surface area contributed by atoms with Crippen molar-refractivity contribution in [3.8, 4) is 0 Å². The summed E-state index contributed by atoms with van der Waals surface area (Å²) in [6.07, 6.45) is 2.20. The van der Waals surface area contributed by atoms with Crippen LogP contribution in [0.3, 0.4) is 0 Å². The van der Waals surface area contributed by atoms with Crippen molar-refractivity contribution >= 4 is 38.5 Å². The fourth-order valence-corrected chi connectivity index (χ4v) is 4.27. The largest absolute Gasteiger partial charge is 0.451 e. The SMILES string of the molecule is CN(C)C(=O)c1cccnc1S(=O)(=O)NC(=O)c1cc2c(F)cc(N3CCC3)cc2o1. The minimum atomic E-state index is -4.50. The van der Waals surface area contributed by atoms with Gasteiger partial charge in [0, 0.05) is 51.2 Å². The molecule has 0 saturated carbocycles. The van der Waals surface area contributed by atoms with E-state index in [4.69, 9.17) is 4.42 Å². The number of anilines is 1. The first-order valence-electron chi connectivity index (χ1n) is 9.39. The van der Waals surface area contributed by atoms with E-state index in [2.05, 4.69) is 4.98 Å². The predicted octanol–water partition coefficient (Wildman–Crippen LogP) is 2.00. The highest BCUT2D eigenvalue weighted by molar-refractivity contribution is 7.90. The Morgan fingerprint density at radius 1 is 1.23 bits per heavy atom. The summed E-state index contributed by atoms with van der Waals surface area (Å²) in [7, 11) is -1.58. The summed E-state index contributed by atoms with van der Waals surface area (Å²) in [4.78, 5) is 31.8. The maximum absolute atomic E-state index is 14.5. The molecule has 31 heavy (non-hydrogen) atoms. The third kappa shape index (κ3) is 3.83. The van der Waals surface area contributed by atoms with E-state index in [1.54, 1.807) is 6.07 Å². The topological polar surface area (TPSA) is 113 Å². The number of furan rings is 1. The van der Waals surface area contributed by atoms with Gasteiger partial charge in [-0.25, -0.2) is 14.1 Å². The number of nitrogens with zero attached hydrogens (tertiary/aromatic N) is 3. The average Bonchev–Trinajstić information content (AvgIpc) is 3.11. The zero-order chi connectivity index (χ0) is 22.3. The van der Waals surface area contributed by atoms with Crippen LogP contribution in [0.25, 0.3) is 11.0 Å². The third-order valence-electron chi connectivity index (χ3n) is 4.91. The number of carbonyl (C=O) groups excluding carboxylic acids is 2. The van der Waals surface area contributed by atoms with Gasteiger partial charge in [0.2, 0.25) is 0 Å². The number of rotatable bonds is 5. The summed E-state index contributed by atoms with van der Waals surface area (Å²) in [5.74, 6) is -2.65. The van der Waals surface area contributed by atoms with Gasteiger partial charge in [-0.3, -0.25) is 9.59 Å². The van der Waals surface area contributed by atoms with Crippen molar-refractivity contribution in [3.05, 3.63) is 53.7 Å². The van der Waals surface area contributed by atoms with E-state index in [0.717, 1.165) is 25.6 Å². The van der Waals surface area contributed by atoms with Crippen molar-refractivity contribution in [3.63, 3.8) is 0 Å². The molecule has 1 saturated heterocycles. The van der Waals surface area contributed by atoms with Gasteiger partial charge >= 0.3 is 5.91 Å². The molecule has 0 bridgehead atoms. The fraction of sp³-hybridized carbons (Fsp3) is 0.250. The van der Waals surface area contributed by atoms with Gasteiger partial charge in [0.25, 0.3) is 15.9 Å². The number of aromatic nitrogens is 1. The van der Waals surface area contributed by atoms with E-state index in [1.807, 2.05) is 9.62 Å². The van der Waals surface area contributed by atoms with Crippen LogP contribution in [-0.2, 0) is 10.0 Å². The molecule has 162 valence electrons. The summed E-state index contributed by atoms with van der Waals surface area (Å²) < 4.78 is 47.2. The number of hydrogen-bond donors (Lipinski definition) is 1. The van der Waals surface area contributed by atoms with Crippen LogP contribution < -0.4 is 9.62 Å². The summed E-state index contributed by atoms with van der Waals surface area (Å²) in [6, 6.07) is 6.80. The van der Waals surface area contributed by atoms with Crippen LogP contribution in [0.15, 0.2) is 46.0 Å². The highest BCUT2D eigenvalue weighted by atomic mass is 32.2. The molecule has 2 amide bonds. The smallest absolute Gasteiger partial charge is 0.300 e. The molecule has 3 heterocycles. The monoisotopic (exact) mass is 446 g/mol. The second-order valence-corrected chi connectivity index (χ2v) is 8.88. The Kier molecular flexibility index (Phi) is 5.13. The number of benzene rings is 1. The molecule has 4 rings (SSSR count). The first-order valence-corrected chi connectivity index (χ1v) is 10.9. The third-order valence-corrected chi connectivity index (χ3v) is 6.19. The van der Waals surface area contributed by atoms with E-state index >= 15 is 0 Å². The quantitative estimate of drug-likeness (QED) is 0.638. The molecule has 1 aliphatic rings. The molecule has 2 aromatic heterocycles. The Hall–Kier alpha value is -3.47. The molecule has 9 nitrogen and oxygen atoms in total. The van der Waals surface area contributed by atoms with Gasteiger partial charge in [-0.15, -0.1) is 0 Å². The molecule has 0 radical (unpaired) electrons. The zero-order valence-corrected chi connectivity index (χ0v) is 17.6. The van der Waals surface area contributed by atoms with Crippen LogP contribution in [0.4, 0.5) is 10.1 Å². The van der Waals surface area contributed by atoms with Crippen LogP contribution in [0.2, 0.25) is 0 Å². The number of carbonyl (C=O) groups is 2. The second kappa shape index (κ2) is 7.65. The van der Waals surface area contributed by atoms with Crippen LogP contribution in [0, 0.1) is 5.82 Å². The van der Waals surface area contributed by atoms with Gasteiger partial charge in [0.05, 0.1) is 10.9 Å². The first kappa shape index (κ1) is 20.8. The average molecular weight is 446 g/mol. The fourth-order valence-electron chi connectivity index (χ4n) is 3.18. The number of sulfonamides is 1. The number of halogens is 1. The molecule has 1 aliphatic heterocycles. The summed E-state index contributed by atoms with van der Waals surface area (Å²) in [5, 5.41) is -0.530. The highest BCUT2D eigenvalue weighted by Gasteiger charge is 2.28. The zero-order valence-electron chi connectivity index (χ0n) is 16.8. The number of amides is 2. The van der Waals surface area contributed by atoms with E-state index in [-0.39, 0.29) is 22.3 Å². The molecule has 0 unspecified atom stereocenters. The van der Waals surface area contributed by atoms with Crippen LogP contribution >= 0.6 is 0 Å². The van der Waals surface area contributed by atoms with Crippen LogP contribution in [0.1, 0.15) is 27.3 Å². The second-order valence-electron chi connectivity index (χ2n) is 7.28. The van der Waals surface area contributed by atoms with Crippen LogP contribution in [0.5, 0.6) is 0 Å². The lowest BCUT2D eigenvalue weighted by Gasteiger charge is -2.33. The van der Waals surface area contributed by atoms with Crippen molar-refractivity contribution in [2.24, 2.45) is 0 Å². The van der Waals surface area contributed by atoms with E-state index in [1.165, 1.54) is 43.4 Å². The minimum Gasteiger partial charge on any atom is -0.451 e. The number of fused-ring (bicyclic) bond motifs is 1. The standard InChI is InChI=1S/C20H19FN4O5S/c1-24(2)20(27)13-5-3-6-22-19(13)31(28,29)23-18(26)17-11-14-15(21)9-12(10-16(14)30-17)25-7-4-8-25/h3,5-6,9-11H,4,7-8H2,1-2H3,(H,23,26). The van der Waals surface area contributed by atoms with Crippen LogP contribution in [-0.4, -0.2) is 57.3 Å². The van der Waals surface area contributed by atoms with E-state index in [0.29, 0.717) is 5.69 Å². The molecular formula is C20H19FN4O5S. The molecule has 0 atom stereocenters. The summed E-state index contributed by atoms with van der Waals surface area (Å²) >= 11 is 0. The van der Waals surface area contributed by atoms with Crippen molar-refractivity contribution in [2.75, 3.05) is 32.1 Å². The molecule has 0 spiro atoms. The molecular weight excluding hydrogens is 427 g/mol. The van der Waals surface area contributed by atoms with Gasteiger partial charge < -0.3 is 14.2 Å². The highest BCUT2D eigenvalue weighted by Crippen LogP contribution is 2.30. The molecule has 3 aromatic rings. The van der Waals surface area contributed by atoms with Crippen molar-refractivity contribution in [1.29, 1.82) is 0 Å². The molecule has 1 fully saturated rings. The van der Waals surface area contributed by atoms with Gasteiger partial charge in [-0.05, 0) is 24.6 Å². The molecule has 11 heteroatoms. The number of pyridine rings is 1. The maximum Gasteiger partial charge on any atom is 0.300 e. The first-order chi connectivity index (χ1) is 14.7. The van der Waals surface area contributed by atoms with E-state index in [9.17, 15) is 22.4 Å². The molecule has 1 N–H and O–H groups in total. The lowest BCUT2D eigenvalue weighted by atomic mass is 10.1. The number of hydrogen-bond acceptors (Lipinski definition) is 7. The number of nitrogens with one attached hydrogen (secondary N) is 1. The molecule has 1 aromatic carbocycles. The minimum absolute atomic E-state index is 0.0631. The predicted molar refractivity (Wildman–Crippen MR) is 110 cm³/mol. The van der Waals surface area contributed by atoms with Crippen molar-refractivity contribution in [1.82, 2.24) is 14.6 Å². The maximum atomic E-state index is 14.5. The van der Waals surface area contributed by atoms with Gasteiger partial charge in [0.15, 0.2) is 10.8 Å². The normalized spacial score (nSPS) is 13.7. The summed E-state index contributed by atoms with van der Waals surface area (Å²) in [5.41, 5.74) is 0.568. The Morgan fingerprint density at radius 2 is 1.97 bits per heavy atom. The van der Waals surface area contributed by atoms with Crippen molar-refractivity contribution in [2.45, 2.75) is 11.4 Å². The van der Waals surface area contributed by atoms with Gasteiger partial charge in [-0.2, -0.15) is 8.42 Å². The van der Waals surface area contributed by atoms with E-state index < -0.39 is 32.7 Å².